The minimum Gasteiger partial charge on any atom is -0.480 e. The minimum absolute atomic E-state index is 0.134. The number of carboxylic acids is 1. The molecule has 0 aliphatic rings. The van der Waals surface area contributed by atoms with Crippen LogP contribution in [-0.4, -0.2) is 27.9 Å². The normalized spacial score (nSPS) is 11.9. The zero-order chi connectivity index (χ0) is 15.9. The molecule has 0 saturated heterocycles. The second-order valence-corrected chi connectivity index (χ2v) is 5.93. The average Bonchev–Trinajstić information content (AvgIpc) is 3.04. The van der Waals surface area contributed by atoms with E-state index < -0.39 is 12.0 Å². The number of carbonyl (C=O) groups excluding carboxylic acids is 1. The standard InChI is InChI=1S/C17H19NO3S/c1-13(17(20)21)18(11-14-5-3-2-4-6-14)16(19)8-7-15-9-10-22-12-15/h2-6,9-10,12-13H,7-8,11H2,1H3,(H,20,21). The first kappa shape index (κ1) is 16.2. The smallest absolute Gasteiger partial charge is 0.326 e. The fourth-order valence-electron chi connectivity index (χ4n) is 2.18. The number of hydrogen-bond donors (Lipinski definition) is 1. The van der Waals surface area contributed by atoms with Crippen LogP contribution in [-0.2, 0) is 22.6 Å². The SMILES string of the molecule is CC(C(=O)O)N(Cc1ccccc1)C(=O)CCc1ccsc1. The number of hydrogen-bond acceptors (Lipinski definition) is 3. The molecule has 116 valence electrons. The molecule has 0 bridgehead atoms. The van der Waals surface area contributed by atoms with E-state index in [1.807, 2.05) is 47.2 Å². The van der Waals surface area contributed by atoms with Gasteiger partial charge in [0.1, 0.15) is 6.04 Å². The van der Waals surface area contributed by atoms with Gasteiger partial charge in [0.05, 0.1) is 0 Å². The van der Waals surface area contributed by atoms with Crippen LogP contribution >= 0.6 is 11.3 Å². The number of aliphatic carboxylic acids is 1. The molecule has 22 heavy (non-hydrogen) atoms. The van der Waals surface area contributed by atoms with E-state index in [2.05, 4.69) is 0 Å². The van der Waals surface area contributed by atoms with E-state index in [0.717, 1.165) is 11.1 Å². The number of carboxylic acid groups (broad SMARTS) is 1. The van der Waals surface area contributed by atoms with Crippen LogP contribution in [0, 0.1) is 0 Å². The van der Waals surface area contributed by atoms with Crippen LogP contribution in [0.25, 0.3) is 0 Å². The predicted octanol–water partition coefficient (Wildman–Crippen LogP) is 3.18. The summed E-state index contributed by atoms with van der Waals surface area (Å²) in [6, 6.07) is 10.6. The third kappa shape index (κ3) is 4.43. The van der Waals surface area contributed by atoms with Gasteiger partial charge in [-0.05, 0) is 41.3 Å². The van der Waals surface area contributed by atoms with Crippen molar-refractivity contribution in [2.45, 2.75) is 32.4 Å². The molecule has 2 rings (SSSR count). The van der Waals surface area contributed by atoms with E-state index in [0.29, 0.717) is 19.4 Å². The molecule has 1 heterocycles. The Labute approximate surface area is 134 Å². The first-order valence-corrected chi connectivity index (χ1v) is 8.09. The minimum atomic E-state index is -0.986. The molecule has 0 spiro atoms. The maximum atomic E-state index is 12.5. The van der Waals surface area contributed by atoms with Crippen molar-refractivity contribution in [3.05, 3.63) is 58.3 Å². The van der Waals surface area contributed by atoms with E-state index in [1.54, 1.807) is 18.3 Å². The third-order valence-corrected chi connectivity index (χ3v) is 4.28. The second-order valence-electron chi connectivity index (χ2n) is 5.15. The maximum Gasteiger partial charge on any atom is 0.326 e. The zero-order valence-electron chi connectivity index (χ0n) is 12.4. The molecular weight excluding hydrogens is 298 g/mol. The molecule has 0 aliphatic heterocycles. The summed E-state index contributed by atoms with van der Waals surface area (Å²) in [5.41, 5.74) is 2.04. The first-order chi connectivity index (χ1) is 10.6. The fraction of sp³-hybridized carbons (Fsp3) is 0.294. The van der Waals surface area contributed by atoms with Crippen molar-refractivity contribution >= 4 is 23.2 Å². The van der Waals surface area contributed by atoms with Gasteiger partial charge >= 0.3 is 5.97 Å². The summed E-state index contributed by atoms with van der Waals surface area (Å²) in [4.78, 5) is 25.2. The Morgan fingerprint density at radius 1 is 1.18 bits per heavy atom. The number of carbonyl (C=O) groups is 2. The maximum absolute atomic E-state index is 12.5. The van der Waals surface area contributed by atoms with Crippen molar-refractivity contribution < 1.29 is 14.7 Å². The van der Waals surface area contributed by atoms with Crippen LogP contribution in [0.1, 0.15) is 24.5 Å². The largest absolute Gasteiger partial charge is 0.480 e. The Morgan fingerprint density at radius 2 is 1.91 bits per heavy atom. The van der Waals surface area contributed by atoms with Crippen LogP contribution in [0.3, 0.4) is 0 Å². The molecule has 1 atom stereocenters. The lowest BCUT2D eigenvalue weighted by atomic mass is 10.1. The molecular formula is C17H19NO3S. The van der Waals surface area contributed by atoms with Gasteiger partial charge in [-0.1, -0.05) is 30.3 Å². The average molecular weight is 317 g/mol. The molecule has 4 nitrogen and oxygen atoms in total. The summed E-state index contributed by atoms with van der Waals surface area (Å²) >= 11 is 1.59. The number of aryl methyl sites for hydroxylation is 1. The molecule has 5 heteroatoms. The van der Waals surface area contributed by atoms with Crippen molar-refractivity contribution in [1.29, 1.82) is 0 Å². The van der Waals surface area contributed by atoms with Crippen molar-refractivity contribution in [3.63, 3.8) is 0 Å². The molecule has 0 aliphatic carbocycles. The van der Waals surface area contributed by atoms with Gasteiger partial charge in [-0.2, -0.15) is 11.3 Å². The van der Waals surface area contributed by atoms with Crippen molar-refractivity contribution in [2.75, 3.05) is 0 Å². The molecule has 1 aromatic heterocycles. The number of amides is 1. The number of thiophene rings is 1. The van der Waals surface area contributed by atoms with E-state index in [1.165, 1.54) is 4.90 Å². The molecule has 1 aromatic carbocycles. The molecule has 0 saturated carbocycles. The molecule has 1 amide bonds. The van der Waals surface area contributed by atoms with Crippen molar-refractivity contribution in [2.24, 2.45) is 0 Å². The highest BCUT2D eigenvalue weighted by Gasteiger charge is 2.25. The predicted molar refractivity (Wildman–Crippen MR) is 86.7 cm³/mol. The molecule has 0 radical (unpaired) electrons. The monoisotopic (exact) mass is 317 g/mol. The summed E-state index contributed by atoms with van der Waals surface area (Å²) in [6.07, 6.45) is 0.959. The van der Waals surface area contributed by atoms with E-state index in [4.69, 9.17) is 0 Å². The van der Waals surface area contributed by atoms with Gasteiger partial charge in [-0.25, -0.2) is 4.79 Å². The van der Waals surface area contributed by atoms with Crippen LogP contribution in [0.2, 0.25) is 0 Å². The quantitative estimate of drug-likeness (QED) is 0.853. The lowest BCUT2D eigenvalue weighted by molar-refractivity contribution is -0.150. The van der Waals surface area contributed by atoms with Crippen LogP contribution in [0.15, 0.2) is 47.2 Å². The summed E-state index contributed by atoms with van der Waals surface area (Å²) in [5.74, 6) is -1.12. The molecule has 1 unspecified atom stereocenters. The van der Waals surface area contributed by atoms with Crippen LogP contribution in [0.5, 0.6) is 0 Å². The van der Waals surface area contributed by atoms with Gasteiger partial charge in [0, 0.05) is 13.0 Å². The fourth-order valence-corrected chi connectivity index (χ4v) is 2.89. The van der Waals surface area contributed by atoms with Gasteiger partial charge in [-0.3, -0.25) is 4.79 Å². The van der Waals surface area contributed by atoms with Gasteiger partial charge in [-0.15, -0.1) is 0 Å². The summed E-state index contributed by atoms with van der Waals surface area (Å²) in [7, 11) is 0. The van der Waals surface area contributed by atoms with Crippen molar-refractivity contribution in [3.8, 4) is 0 Å². The Balaban J connectivity index is 2.06. The number of nitrogens with zero attached hydrogens (tertiary/aromatic N) is 1. The van der Waals surface area contributed by atoms with E-state index in [-0.39, 0.29) is 5.91 Å². The summed E-state index contributed by atoms with van der Waals surface area (Å²) in [5, 5.41) is 13.2. The topological polar surface area (TPSA) is 57.6 Å². The Hall–Kier alpha value is -2.14. The molecule has 2 aromatic rings. The van der Waals surface area contributed by atoms with Gasteiger partial charge < -0.3 is 10.0 Å². The van der Waals surface area contributed by atoms with Crippen LogP contribution in [0.4, 0.5) is 0 Å². The van der Waals surface area contributed by atoms with Gasteiger partial charge in [0.2, 0.25) is 5.91 Å². The summed E-state index contributed by atoms with van der Waals surface area (Å²) < 4.78 is 0. The number of rotatable bonds is 7. The first-order valence-electron chi connectivity index (χ1n) is 7.15. The highest BCUT2D eigenvalue weighted by atomic mass is 32.1. The van der Waals surface area contributed by atoms with E-state index in [9.17, 15) is 14.7 Å². The lowest BCUT2D eigenvalue weighted by Gasteiger charge is -2.26. The lowest BCUT2D eigenvalue weighted by Crippen LogP contribution is -2.42. The Morgan fingerprint density at radius 3 is 2.50 bits per heavy atom. The Bertz CT molecular complexity index is 610. The van der Waals surface area contributed by atoms with E-state index >= 15 is 0 Å². The number of benzene rings is 1. The zero-order valence-corrected chi connectivity index (χ0v) is 13.3. The second kappa shape index (κ2) is 7.75. The van der Waals surface area contributed by atoms with Gasteiger partial charge in [0.15, 0.2) is 0 Å². The summed E-state index contributed by atoms with van der Waals surface area (Å²) in [6.45, 7) is 1.87. The molecule has 1 N–H and O–H groups in total. The molecule has 0 fully saturated rings. The van der Waals surface area contributed by atoms with Gasteiger partial charge in [0.25, 0.3) is 0 Å². The van der Waals surface area contributed by atoms with Crippen molar-refractivity contribution in [1.82, 2.24) is 4.90 Å². The third-order valence-electron chi connectivity index (χ3n) is 3.55. The highest BCUT2D eigenvalue weighted by molar-refractivity contribution is 7.07. The highest BCUT2D eigenvalue weighted by Crippen LogP contribution is 2.14. The van der Waals surface area contributed by atoms with Crippen LogP contribution < -0.4 is 0 Å². The Kier molecular flexibility index (Phi) is 5.72.